The smallest absolute Gasteiger partial charge is 0.311 e. The number of esters is 1. The summed E-state index contributed by atoms with van der Waals surface area (Å²) in [7, 11) is 1.54. The Balaban J connectivity index is 1.95. The third kappa shape index (κ3) is 5.53. The molecule has 0 bridgehead atoms. The van der Waals surface area contributed by atoms with E-state index in [9.17, 15) is 14.4 Å². The SMILES string of the molecule is CC[C@H](C)c1ccccc1N1C[C@H](C(=O)OCC(=O)NCCOC)CC1=O. The summed E-state index contributed by atoms with van der Waals surface area (Å²) < 4.78 is 9.91. The lowest BCUT2D eigenvalue weighted by Gasteiger charge is -2.23. The number of nitrogens with one attached hydrogen (secondary N) is 1. The number of amides is 2. The van der Waals surface area contributed by atoms with Crippen molar-refractivity contribution in [3.05, 3.63) is 29.8 Å². The minimum atomic E-state index is -0.561. The second-order valence-electron chi connectivity index (χ2n) is 6.72. The van der Waals surface area contributed by atoms with Crippen molar-refractivity contribution in [2.24, 2.45) is 5.92 Å². The Bertz CT molecular complexity index is 676. The minimum absolute atomic E-state index is 0.0962. The summed E-state index contributed by atoms with van der Waals surface area (Å²) in [6.07, 6.45) is 1.06. The number of nitrogens with zero attached hydrogens (tertiary/aromatic N) is 1. The van der Waals surface area contributed by atoms with Gasteiger partial charge in [0.2, 0.25) is 5.91 Å². The van der Waals surface area contributed by atoms with Crippen LogP contribution in [0.15, 0.2) is 24.3 Å². The van der Waals surface area contributed by atoms with Crippen LogP contribution in [0.1, 0.15) is 38.2 Å². The maximum Gasteiger partial charge on any atom is 0.311 e. The van der Waals surface area contributed by atoms with E-state index in [1.54, 1.807) is 4.90 Å². The molecule has 1 saturated heterocycles. The average molecular weight is 376 g/mol. The van der Waals surface area contributed by atoms with Crippen molar-refractivity contribution in [2.75, 3.05) is 38.3 Å². The van der Waals surface area contributed by atoms with E-state index in [2.05, 4.69) is 19.2 Å². The summed E-state index contributed by atoms with van der Waals surface area (Å²) in [6.45, 7) is 4.89. The van der Waals surface area contributed by atoms with Crippen LogP contribution in [0.25, 0.3) is 0 Å². The number of hydrogen-bond acceptors (Lipinski definition) is 5. The van der Waals surface area contributed by atoms with Gasteiger partial charge in [-0.15, -0.1) is 0 Å². The van der Waals surface area contributed by atoms with Crippen molar-refractivity contribution >= 4 is 23.5 Å². The zero-order valence-corrected chi connectivity index (χ0v) is 16.2. The highest BCUT2D eigenvalue weighted by Gasteiger charge is 2.37. The maximum absolute atomic E-state index is 12.5. The van der Waals surface area contributed by atoms with E-state index >= 15 is 0 Å². The largest absolute Gasteiger partial charge is 0.455 e. The lowest BCUT2D eigenvalue weighted by atomic mass is 9.96. The van der Waals surface area contributed by atoms with Crippen LogP contribution in [0.2, 0.25) is 0 Å². The van der Waals surface area contributed by atoms with Crippen LogP contribution in [-0.4, -0.2) is 51.2 Å². The van der Waals surface area contributed by atoms with Gasteiger partial charge in [-0.25, -0.2) is 0 Å². The van der Waals surface area contributed by atoms with E-state index in [1.165, 1.54) is 7.11 Å². The number of para-hydroxylation sites is 1. The summed E-state index contributed by atoms with van der Waals surface area (Å²) in [5.74, 6) is -1.25. The Morgan fingerprint density at radius 3 is 2.78 bits per heavy atom. The molecule has 1 aliphatic heterocycles. The van der Waals surface area contributed by atoms with Crippen molar-refractivity contribution < 1.29 is 23.9 Å². The van der Waals surface area contributed by atoms with Crippen LogP contribution in [0.5, 0.6) is 0 Å². The third-order valence-corrected chi connectivity index (χ3v) is 4.80. The second-order valence-corrected chi connectivity index (χ2v) is 6.72. The fourth-order valence-electron chi connectivity index (χ4n) is 3.07. The fraction of sp³-hybridized carbons (Fsp3) is 0.550. The number of carbonyl (C=O) groups excluding carboxylic acids is 3. The van der Waals surface area contributed by atoms with E-state index in [0.717, 1.165) is 17.7 Å². The van der Waals surface area contributed by atoms with Crippen molar-refractivity contribution in [3.63, 3.8) is 0 Å². The van der Waals surface area contributed by atoms with Crippen LogP contribution in [0.4, 0.5) is 5.69 Å². The quantitative estimate of drug-likeness (QED) is 0.525. The molecule has 1 aliphatic rings. The molecule has 0 aromatic heterocycles. The predicted molar refractivity (Wildman–Crippen MR) is 101 cm³/mol. The lowest BCUT2D eigenvalue weighted by molar-refractivity contribution is -0.152. The molecule has 1 N–H and O–H groups in total. The second kappa shape index (κ2) is 10.1. The molecule has 2 amide bonds. The molecule has 0 aliphatic carbocycles. The number of rotatable bonds is 9. The van der Waals surface area contributed by atoms with E-state index in [1.807, 2.05) is 24.3 Å². The van der Waals surface area contributed by atoms with Gasteiger partial charge in [0.05, 0.1) is 12.5 Å². The molecule has 0 radical (unpaired) electrons. The molecule has 1 fully saturated rings. The Morgan fingerprint density at radius 1 is 1.33 bits per heavy atom. The van der Waals surface area contributed by atoms with Crippen molar-refractivity contribution in [1.82, 2.24) is 5.32 Å². The Labute approximate surface area is 160 Å². The molecular weight excluding hydrogens is 348 g/mol. The molecule has 0 saturated carbocycles. The van der Waals surface area contributed by atoms with Gasteiger partial charge in [0.25, 0.3) is 5.91 Å². The fourth-order valence-corrected chi connectivity index (χ4v) is 3.07. The van der Waals surface area contributed by atoms with E-state index in [-0.39, 0.29) is 31.4 Å². The first-order chi connectivity index (χ1) is 13.0. The van der Waals surface area contributed by atoms with Crippen LogP contribution in [-0.2, 0) is 23.9 Å². The van der Waals surface area contributed by atoms with Crippen LogP contribution < -0.4 is 10.2 Å². The number of methoxy groups -OCH3 is 1. The van der Waals surface area contributed by atoms with Gasteiger partial charge in [0, 0.05) is 32.3 Å². The number of carbonyl (C=O) groups is 3. The standard InChI is InChI=1S/C20H28N2O5/c1-4-14(2)16-7-5-6-8-17(16)22-12-15(11-19(22)24)20(25)27-13-18(23)21-9-10-26-3/h5-8,14-15H,4,9-13H2,1-3H3,(H,21,23)/t14-,15+/m0/s1. The molecule has 27 heavy (non-hydrogen) atoms. The Hall–Kier alpha value is -2.41. The summed E-state index contributed by atoms with van der Waals surface area (Å²) in [6, 6.07) is 7.78. The Morgan fingerprint density at radius 2 is 2.07 bits per heavy atom. The predicted octanol–water partition coefficient (Wildman–Crippen LogP) is 1.86. The summed E-state index contributed by atoms with van der Waals surface area (Å²) >= 11 is 0. The molecule has 148 valence electrons. The number of anilines is 1. The number of ether oxygens (including phenoxy) is 2. The van der Waals surface area contributed by atoms with Crippen LogP contribution >= 0.6 is 0 Å². The van der Waals surface area contributed by atoms with Gasteiger partial charge >= 0.3 is 5.97 Å². The normalized spacial score (nSPS) is 17.7. The number of hydrogen-bond donors (Lipinski definition) is 1. The summed E-state index contributed by atoms with van der Waals surface area (Å²) in [4.78, 5) is 38.0. The molecule has 0 unspecified atom stereocenters. The van der Waals surface area contributed by atoms with Crippen molar-refractivity contribution in [1.29, 1.82) is 0 Å². The van der Waals surface area contributed by atoms with Gasteiger partial charge in [0.15, 0.2) is 6.61 Å². The first-order valence-electron chi connectivity index (χ1n) is 9.29. The highest BCUT2D eigenvalue weighted by Crippen LogP contribution is 2.33. The average Bonchev–Trinajstić information content (AvgIpc) is 3.07. The van der Waals surface area contributed by atoms with E-state index in [0.29, 0.717) is 19.1 Å². The molecule has 7 heteroatoms. The Kier molecular flexibility index (Phi) is 7.79. The molecular formula is C20H28N2O5. The van der Waals surface area contributed by atoms with Gasteiger partial charge in [0.1, 0.15) is 0 Å². The number of benzene rings is 1. The minimum Gasteiger partial charge on any atom is -0.455 e. The summed E-state index contributed by atoms with van der Waals surface area (Å²) in [5, 5.41) is 2.58. The molecule has 1 heterocycles. The summed E-state index contributed by atoms with van der Waals surface area (Å²) in [5.41, 5.74) is 1.95. The van der Waals surface area contributed by atoms with E-state index < -0.39 is 11.9 Å². The molecule has 7 nitrogen and oxygen atoms in total. The van der Waals surface area contributed by atoms with Gasteiger partial charge in [-0.05, 0) is 24.0 Å². The van der Waals surface area contributed by atoms with Gasteiger partial charge < -0.3 is 19.7 Å². The molecule has 2 rings (SSSR count). The van der Waals surface area contributed by atoms with Crippen LogP contribution in [0.3, 0.4) is 0 Å². The topological polar surface area (TPSA) is 84.9 Å². The molecule has 2 atom stereocenters. The molecule has 0 spiro atoms. The highest BCUT2D eigenvalue weighted by atomic mass is 16.5. The third-order valence-electron chi connectivity index (χ3n) is 4.80. The lowest BCUT2D eigenvalue weighted by Crippen LogP contribution is -2.33. The first-order valence-corrected chi connectivity index (χ1v) is 9.29. The zero-order valence-electron chi connectivity index (χ0n) is 16.2. The monoisotopic (exact) mass is 376 g/mol. The van der Waals surface area contributed by atoms with Gasteiger partial charge in [-0.2, -0.15) is 0 Å². The van der Waals surface area contributed by atoms with Crippen molar-refractivity contribution in [3.8, 4) is 0 Å². The van der Waals surface area contributed by atoms with Crippen LogP contribution in [0, 0.1) is 5.92 Å². The first kappa shape index (κ1) is 20.9. The molecule has 1 aromatic rings. The zero-order chi connectivity index (χ0) is 19.8. The highest BCUT2D eigenvalue weighted by molar-refractivity contribution is 6.00. The van der Waals surface area contributed by atoms with Gasteiger partial charge in [-0.1, -0.05) is 32.0 Å². The molecule has 1 aromatic carbocycles. The van der Waals surface area contributed by atoms with E-state index in [4.69, 9.17) is 9.47 Å². The van der Waals surface area contributed by atoms with Gasteiger partial charge in [-0.3, -0.25) is 14.4 Å². The van der Waals surface area contributed by atoms with Crippen molar-refractivity contribution in [2.45, 2.75) is 32.6 Å². The maximum atomic E-state index is 12.5.